The number of ether oxygens (including phenoxy) is 1. The van der Waals surface area contributed by atoms with Crippen LogP contribution in [-0.2, 0) is 9.59 Å². The third-order valence-electron chi connectivity index (χ3n) is 3.89. The molecule has 0 fully saturated rings. The molecule has 0 aliphatic rings. The van der Waals surface area contributed by atoms with E-state index in [0.29, 0.717) is 24.5 Å². The highest BCUT2D eigenvalue weighted by Crippen LogP contribution is 2.14. The summed E-state index contributed by atoms with van der Waals surface area (Å²) in [6.45, 7) is 5.25. The Kier molecular flexibility index (Phi) is 8.97. The molecule has 2 N–H and O–H groups in total. The SMILES string of the molecule is CCN(CC)C(=O)CN(C)C(=O)CCNC(=O)Nc1ccc(OC)cc1. The number of carbonyl (C=O) groups excluding carboxylic acids is 3. The second-order valence-corrected chi connectivity index (χ2v) is 5.68. The van der Waals surface area contributed by atoms with Crippen molar-refractivity contribution < 1.29 is 19.1 Å². The fourth-order valence-electron chi connectivity index (χ4n) is 2.29. The first-order valence-corrected chi connectivity index (χ1v) is 8.61. The van der Waals surface area contributed by atoms with Crippen LogP contribution in [-0.4, -0.2) is 68.0 Å². The van der Waals surface area contributed by atoms with Crippen LogP contribution in [0.3, 0.4) is 0 Å². The fourth-order valence-corrected chi connectivity index (χ4v) is 2.29. The lowest BCUT2D eigenvalue weighted by Gasteiger charge is -2.23. The van der Waals surface area contributed by atoms with Gasteiger partial charge in [-0.05, 0) is 38.1 Å². The van der Waals surface area contributed by atoms with E-state index < -0.39 is 6.03 Å². The minimum atomic E-state index is -0.398. The number of hydrogen-bond donors (Lipinski definition) is 2. The number of carbonyl (C=O) groups is 3. The van der Waals surface area contributed by atoms with Gasteiger partial charge in [0, 0.05) is 38.8 Å². The van der Waals surface area contributed by atoms with Gasteiger partial charge in [-0.1, -0.05) is 0 Å². The van der Waals surface area contributed by atoms with Crippen LogP contribution in [0.5, 0.6) is 5.75 Å². The zero-order chi connectivity index (χ0) is 19.5. The smallest absolute Gasteiger partial charge is 0.319 e. The quantitative estimate of drug-likeness (QED) is 0.695. The summed E-state index contributed by atoms with van der Waals surface area (Å²) in [7, 11) is 3.15. The highest BCUT2D eigenvalue weighted by atomic mass is 16.5. The molecule has 0 aliphatic heterocycles. The first-order valence-electron chi connectivity index (χ1n) is 8.61. The topological polar surface area (TPSA) is 91.0 Å². The lowest BCUT2D eigenvalue weighted by atomic mass is 10.3. The van der Waals surface area contributed by atoms with Gasteiger partial charge >= 0.3 is 6.03 Å². The van der Waals surface area contributed by atoms with E-state index in [2.05, 4.69) is 10.6 Å². The van der Waals surface area contributed by atoms with Crippen molar-refractivity contribution in [2.75, 3.05) is 45.7 Å². The normalized spacial score (nSPS) is 10.0. The largest absolute Gasteiger partial charge is 0.497 e. The second kappa shape index (κ2) is 11.0. The standard InChI is InChI=1S/C18H28N4O4/c1-5-22(6-2)17(24)13-21(3)16(23)11-12-19-18(25)20-14-7-9-15(26-4)10-8-14/h7-10H,5-6,11-13H2,1-4H3,(H2,19,20,25). The van der Waals surface area contributed by atoms with Crippen LogP contribution in [0, 0.1) is 0 Å². The molecule has 1 rings (SSSR count). The first-order chi connectivity index (χ1) is 12.4. The molecule has 0 aromatic heterocycles. The number of amides is 4. The molecule has 8 heteroatoms. The Morgan fingerprint density at radius 1 is 1.04 bits per heavy atom. The summed E-state index contributed by atoms with van der Waals surface area (Å²) in [5.74, 6) is 0.412. The molecular weight excluding hydrogens is 336 g/mol. The van der Waals surface area contributed by atoms with Crippen LogP contribution < -0.4 is 15.4 Å². The van der Waals surface area contributed by atoms with E-state index in [1.807, 2.05) is 13.8 Å². The molecule has 26 heavy (non-hydrogen) atoms. The average Bonchev–Trinajstić information content (AvgIpc) is 2.63. The predicted octanol–water partition coefficient (Wildman–Crippen LogP) is 1.53. The van der Waals surface area contributed by atoms with Crippen LogP contribution in [0.4, 0.5) is 10.5 Å². The predicted molar refractivity (Wildman–Crippen MR) is 100 cm³/mol. The Balaban J connectivity index is 2.33. The van der Waals surface area contributed by atoms with Crippen molar-refractivity contribution in [3.05, 3.63) is 24.3 Å². The van der Waals surface area contributed by atoms with E-state index >= 15 is 0 Å². The molecule has 0 saturated heterocycles. The van der Waals surface area contributed by atoms with Gasteiger partial charge in [-0.15, -0.1) is 0 Å². The van der Waals surface area contributed by atoms with Crippen LogP contribution in [0.25, 0.3) is 0 Å². The molecule has 0 atom stereocenters. The molecule has 0 bridgehead atoms. The lowest BCUT2D eigenvalue weighted by molar-refractivity contribution is -0.139. The zero-order valence-electron chi connectivity index (χ0n) is 15.9. The highest BCUT2D eigenvalue weighted by molar-refractivity contribution is 5.90. The molecule has 1 aromatic rings. The van der Waals surface area contributed by atoms with E-state index in [-0.39, 0.29) is 31.3 Å². The third-order valence-corrected chi connectivity index (χ3v) is 3.89. The number of nitrogens with one attached hydrogen (secondary N) is 2. The molecule has 8 nitrogen and oxygen atoms in total. The van der Waals surface area contributed by atoms with Crippen molar-refractivity contribution in [3.8, 4) is 5.75 Å². The fraction of sp³-hybridized carbons (Fsp3) is 0.500. The van der Waals surface area contributed by atoms with Gasteiger partial charge in [-0.2, -0.15) is 0 Å². The summed E-state index contributed by atoms with van der Waals surface area (Å²) in [5, 5.41) is 5.29. The Morgan fingerprint density at radius 2 is 1.65 bits per heavy atom. The summed E-state index contributed by atoms with van der Waals surface area (Å²) in [6.07, 6.45) is 0.123. The first kappa shape index (κ1) is 21.3. The van der Waals surface area contributed by atoms with Gasteiger partial charge in [-0.25, -0.2) is 4.79 Å². The number of benzene rings is 1. The van der Waals surface area contributed by atoms with E-state index in [4.69, 9.17) is 4.74 Å². The Morgan fingerprint density at radius 3 is 2.19 bits per heavy atom. The number of methoxy groups -OCH3 is 1. The summed E-state index contributed by atoms with van der Waals surface area (Å²) >= 11 is 0. The van der Waals surface area contributed by atoms with E-state index in [9.17, 15) is 14.4 Å². The summed E-state index contributed by atoms with van der Waals surface area (Å²) < 4.78 is 5.05. The monoisotopic (exact) mass is 364 g/mol. The summed E-state index contributed by atoms with van der Waals surface area (Å²) in [4.78, 5) is 38.9. The minimum absolute atomic E-state index is 0.0402. The molecule has 0 aliphatic carbocycles. The number of urea groups is 1. The lowest BCUT2D eigenvalue weighted by Crippen LogP contribution is -2.42. The van der Waals surface area contributed by atoms with Gasteiger partial charge in [0.05, 0.1) is 13.7 Å². The molecular formula is C18H28N4O4. The molecule has 144 valence electrons. The summed E-state index contributed by atoms with van der Waals surface area (Å²) in [6, 6.07) is 6.51. The van der Waals surface area contributed by atoms with Crippen molar-refractivity contribution in [1.82, 2.24) is 15.1 Å². The van der Waals surface area contributed by atoms with Gasteiger partial charge in [0.15, 0.2) is 0 Å². The molecule has 0 radical (unpaired) electrons. The van der Waals surface area contributed by atoms with Gasteiger partial charge in [0.2, 0.25) is 11.8 Å². The maximum atomic E-state index is 12.1. The van der Waals surface area contributed by atoms with Crippen molar-refractivity contribution >= 4 is 23.5 Å². The number of likely N-dealkylation sites (N-methyl/N-ethyl adjacent to an activating group) is 2. The van der Waals surface area contributed by atoms with E-state index in [1.165, 1.54) is 4.90 Å². The van der Waals surface area contributed by atoms with Crippen LogP contribution in [0.15, 0.2) is 24.3 Å². The summed E-state index contributed by atoms with van der Waals surface area (Å²) in [5.41, 5.74) is 0.622. The number of rotatable bonds is 9. The van der Waals surface area contributed by atoms with Crippen LogP contribution in [0.1, 0.15) is 20.3 Å². The van der Waals surface area contributed by atoms with Crippen molar-refractivity contribution in [3.63, 3.8) is 0 Å². The van der Waals surface area contributed by atoms with Crippen molar-refractivity contribution in [2.24, 2.45) is 0 Å². The zero-order valence-corrected chi connectivity index (χ0v) is 15.9. The number of nitrogens with zero attached hydrogens (tertiary/aromatic N) is 2. The van der Waals surface area contributed by atoms with Crippen LogP contribution >= 0.6 is 0 Å². The van der Waals surface area contributed by atoms with Crippen molar-refractivity contribution in [1.29, 1.82) is 0 Å². The molecule has 0 spiro atoms. The van der Waals surface area contributed by atoms with E-state index in [0.717, 1.165) is 0 Å². The Bertz CT molecular complexity index is 600. The van der Waals surface area contributed by atoms with Gasteiger partial charge in [0.1, 0.15) is 5.75 Å². The van der Waals surface area contributed by atoms with Gasteiger partial charge in [-0.3, -0.25) is 9.59 Å². The number of anilines is 1. The second-order valence-electron chi connectivity index (χ2n) is 5.68. The van der Waals surface area contributed by atoms with E-state index in [1.54, 1.807) is 43.3 Å². The molecule has 0 saturated carbocycles. The molecule has 4 amide bonds. The Labute approximate surface area is 154 Å². The Hall–Kier alpha value is -2.77. The maximum absolute atomic E-state index is 12.1. The average molecular weight is 364 g/mol. The number of hydrogen-bond acceptors (Lipinski definition) is 4. The molecule has 0 unspecified atom stereocenters. The van der Waals surface area contributed by atoms with Gasteiger partial charge in [0.25, 0.3) is 0 Å². The third kappa shape index (κ3) is 7.00. The van der Waals surface area contributed by atoms with Gasteiger partial charge < -0.3 is 25.2 Å². The van der Waals surface area contributed by atoms with Crippen LogP contribution in [0.2, 0.25) is 0 Å². The molecule has 0 heterocycles. The highest BCUT2D eigenvalue weighted by Gasteiger charge is 2.16. The maximum Gasteiger partial charge on any atom is 0.319 e. The van der Waals surface area contributed by atoms with Crippen molar-refractivity contribution in [2.45, 2.75) is 20.3 Å². The minimum Gasteiger partial charge on any atom is -0.497 e. The molecule has 1 aromatic carbocycles.